The van der Waals surface area contributed by atoms with E-state index in [1.165, 1.54) is 7.05 Å². The Bertz CT molecular complexity index is 522. The van der Waals surface area contributed by atoms with Crippen LogP contribution in [0.15, 0.2) is 0 Å². The van der Waals surface area contributed by atoms with Gasteiger partial charge in [0.05, 0.1) is 12.5 Å². The van der Waals surface area contributed by atoms with Crippen LogP contribution in [0.5, 0.6) is 0 Å². The molecule has 0 aliphatic carbocycles. The standard InChI is InChI=1S/C19H32N2O6/c1-4-6-10-15(9-5-2)19(25)27-20(3)16(22)11-7-13-18(24)26-21-14-8-12-17(21)23/h15H,4-14H2,1-3H3. The summed E-state index contributed by atoms with van der Waals surface area (Å²) in [4.78, 5) is 57.6. The number of carbonyl (C=O) groups excluding carboxylic acids is 4. The van der Waals surface area contributed by atoms with Crippen molar-refractivity contribution in [3.8, 4) is 0 Å². The molecule has 0 N–H and O–H groups in total. The van der Waals surface area contributed by atoms with Gasteiger partial charge in [-0.15, -0.1) is 0 Å². The smallest absolute Gasteiger partial charge is 0.335 e. The van der Waals surface area contributed by atoms with E-state index in [4.69, 9.17) is 9.68 Å². The number of hydrogen-bond donors (Lipinski definition) is 0. The predicted octanol–water partition coefficient (Wildman–Crippen LogP) is 2.76. The molecule has 154 valence electrons. The summed E-state index contributed by atoms with van der Waals surface area (Å²) in [5.41, 5.74) is 0. The fourth-order valence-electron chi connectivity index (χ4n) is 2.87. The van der Waals surface area contributed by atoms with Gasteiger partial charge in [0.2, 0.25) is 0 Å². The Morgan fingerprint density at radius 2 is 1.85 bits per heavy atom. The molecule has 0 saturated carbocycles. The molecule has 0 bridgehead atoms. The van der Waals surface area contributed by atoms with Crippen molar-refractivity contribution in [3.05, 3.63) is 0 Å². The summed E-state index contributed by atoms with van der Waals surface area (Å²) in [6, 6.07) is 0. The van der Waals surface area contributed by atoms with Gasteiger partial charge in [0.15, 0.2) is 0 Å². The lowest BCUT2D eigenvalue weighted by Gasteiger charge is -2.20. The maximum absolute atomic E-state index is 12.2. The zero-order valence-corrected chi connectivity index (χ0v) is 16.7. The van der Waals surface area contributed by atoms with Gasteiger partial charge in [-0.2, -0.15) is 10.1 Å². The van der Waals surface area contributed by atoms with Crippen molar-refractivity contribution in [1.82, 2.24) is 10.1 Å². The van der Waals surface area contributed by atoms with Crippen LogP contribution in [0.1, 0.15) is 78.1 Å². The summed E-state index contributed by atoms with van der Waals surface area (Å²) in [6.07, 6.45) is 5.72. The average molecular weight is 384 g/mol. The number of amides is 2. The van der Waals surface area contributed by atoms with E-state index >= 15 is 0 Å². The number of rotatable bonds is 11. The predicted molar refractivity (Wildman–Crippen MR) is 97.7 cm³/mol. The van der Waals surface area contributed by atoms with Crippen LogP contribution in [0.2, 0.25) is 0 Å². The first kappa shape index (κ1) is 22.9. The molecular formula is C19H32N2O6. The van der Waals surface area contributed by atoms with Crippen LogP contribution in [0, 0.1) is 5.92 Å². The Balaban J connectivity index is 2.30. The SMILES string of the molecule is CCCCC(CCC)C(=O)ON(C)C(=O)CCCC(=O)ON1CCCC1=O. The molecule has 2 amide bonds. The number of hydroxylamine groups is 4. The second kappa shape index (κ2) is 12.3. The summed E-state index contributed by atoms with van der Waals surface area (Å²) in [5, 5.41) is 2.02. The van der Waals surface area contributed by atoms with E-state index in [1.807, 2.05) is 6.92 Å². The highest BCUT2D eigenvalue weighted by atomic mass is 16.7. The molecule has 0 aromatic carbocycles. The Morgan fingerprint density at radius 1 is 1.11 bits per heavy atom. The highest BCUT2D eigenvalue weighted by Gasteiger charge is 2.25. The average Bonchev–Trinajstić information content (AvgIpc) is 3.02. The third kappa shape index (κ3) is 8.41. The van der Waals surface area contributed by atoms with Crippen LogP contribution >= 0.6 is 0 Å². The van der Waals surface area contributed by atoms with Crippen LogP contribution in [-0.2, 0) is 28.9 Å². The first-order valence-electron chi connectivity index (χ1n) is 9.88. The van der Waals surface area contributed by atoms with Crippen LogP contribution in [-0.4, -0.2) is 47.5 Å². The van der Waals surface area contributed by atoms with E-state index in [0.29, 0.717) is 19.4 Å². The minimum Gasteiger partial charge on any atom is -0.338 e. The van der Waals surface area contributed by atoms with Gasteiger partial charge in [0.1, 0.15) is 0 Å². The highest BCUT2D eigenvalue weighted by molar-refractivity contribution is 5.80. The van der Waals surface area contributed by atoms with E-state index in [-0.39, 0.29) is 43.0 Å². The molecule has 0 aromatic heterocycles. The first-order valence-corrected chi connectivity index (χ1v) is 9.88. The largest absolute Gasteiger partial charge is 0.338 e. The summed E-state index contributed by atoms with van der Waals surface area (Å²) >= 11 is 0. The van der Waals surface area contributed by atoms with Gasteiger partial charge >= 0.3 is 11.9 Å². The van der Waals surface area contributed by atoms with Gasteiger partial charge in [0.25, 0.3) is 11.8 Å². The molecule has 27 heavy (non-hydrogen) atoms. The van der Waals surface area contributed by atoms with E-state index in [0.717, 1.165) is 42.2 Å². The van der Waals surface area contributed by atoms with Crippen molar-refractivity contribution < 1.29 is 28.9 Å². The van der Waals surface area contributed by atoms with Gasteiger partial charge in [-0.3, -0.25) is 9.59 Å². The lowest BCUT2D eigenvalue weighted by molar-refractivity contribution is -0.197. The lowest BCUT2D eigenvalue weighted by Crippen LogP contribution is -2.33. The van der Waals surface area contributed by atoms with Crippen LogP contribution in [0.4, 0.5) is 0 Å². The summed E-state index contributed by atoms with van der Waals surface area (Å²) in [5.74, 6) is -1.69. The fraction of sp³-hybridized carbons (Fsp3) is 0.789. The van der Waals surface area contributed by atoms with Crippen molar-refractivity contribution in [1.29, 1.82) is 0 Å². The van der Waals surface area contributed by atoms with Gasteiger partial charge in [0, 0.05) is 26.3 Å². The molecule has 1 aliphatic heterocycles. The lowest BCUT2D eigenvalue weighted by atomic mass is 9.97. The second-order valence-electron chi connectivity index (χ2n) is 6.85. The third-order valence-corrected chi connectivity index (χ3v) is 4.47. The maximum Gasteiger partial charge on any atom is 0.335 e. The molecule has 1 aliphatic rings. The summed E-state index contributed by atoms with van der Waals surface area (Å²) in [6.45, 7) is 4.49. The molecule has 1 saturated heterocycles. The highest BCUT2D eigenvalue weighted by Crippen LogP contribution is 2.17. The topological polar surface area (TPSA) is 93.2 Å². The van der Waals surface area contributed by atoms with Crippen molar-refractivity contribution in [2.24, 2.45) is 5.92 Å². The molecule has 1 heterocycles. The zero-order chi connectivity index (χ0) is 20.2. The molecule has 0 aromatic rings. The normalized spacial score (nSPS) is 14.8. The molecule has 0 radical (unpaired) electrons. The van der Waals surface area contributed by atoms with Gasteiger partial charge in [-0.05, 0) is 25.7 Å². The fourth-order valence-corrected chi connectivity index (χ4v) is 2.87. The minimum absolute atomic E-state index is 0.0201. The number of unbranched alkanes of at least 4 members (excludes halogenated alkanes) is 1. The molecule has 1 fully saturated rings. The Kier molecular flexibility index (Phi) is 10.4. The maximum atomic E-state index is 12.2. The van der Waals surface area contributed by atoms with Crippen molar-refractivity contribution >= 4 is 23.8 Å². The quantitative estimate of drug-likeness (QED) is 0.509. The van der Waals surface area contributed by atoms with E-state index in [2.05, 4.69) is 6.92 Å². The van der Waals surface area contributed by atoms with Crippen molar-refractivity contribution in [2.45, 2.75) is 78.1 Å². The van der Waals surface area contributed by atoms with E-state index in [1.54, 1.807) is 0 Å². The second-order valence-corrected chi connectivity index (χ2v) is 6.85. The van der Waals surface area contributed by atoms with Crippen LogP contribution in [0.3, 0.4) is 0 Å². The van der Waals surface area contributed by atoms with Gasteiger partial charge in [-0.1, -0.05) is 33.1 Å². The molecule has 0 spiro atoms. The summed E-state index contributed by atoms with van der Waals surface area (Å²) in [7, 11) is 1.41. The summed E-state index contributed by atoms with van der Waals surface area (Å²) < 4.78 is 0. The van der Waals surface area contributed by atoms with Gasteiger partial charge in [-0.25, -0.2) is 9.59 Å². The number of nitrogens with zero attached hydrogens (tertiary/aromatic N) is 2. The minimum atomic E-state index is -0.541. The molecule has 1 rings (SSSR count). The Labute approximate surface area is 161 Å². The molecule has 8 heteroatoms. The van der Waals surface area contributed by atoms with Gasteiger partial charge < -0.3 is 9.68 Å². The molecule has 8 nitrogen and oxygen atoms in total. The van der Waals surface area contributed by atoms with Crippen molar-refractivity contribution in [2.75, 3.05) is 13.6 Å². The van der Waals surface area contributed by atoms with Crippen LogP contribution < -0.4 is 0 Å². The van der Waals surface area contributed by atoms with E-state index < -0.39 is 5.97 Å². The number of hydrogen-bond acceptors (Lipinski definition) is 6. The van der Waals surface area contributed by atoms with E-state index in [9.17, 15) is 19.2 Å². The monoisotopic (exact) mass is 384 g/mol. The third-order valence-electron chi connectivity index (χ3n) is 4.47. The Morgan fingerprint density at radius 3 is 2.44 bits per heavy atom. The molecular weight excluding hydrogens is 352 g/mol. The zero-order valence-electron chi connectivity index (χ0n) is 16.7. The van der Waals surface area contributed by atoms with Crippen molar-refractivity contribution in [3.63, 3.8) is 0 Å². The Hall–Kier alpha value is -2.12. The molecule has 1 atom stereocenters. The first-order chi connectivity index (χ1) is 12.9. The van der Waals surface area contributed by atoms with Crippen LogP contribution in [0.25, 0.3) is 0 Å². The molecule has 1 unspecified atom stereocenters. The number of carbonyl (C=O) groups is 4.